The van der Waals surface area contributed by atoms with E-state index in [0.29, 0.717) is 5.02 Å². The zero-order chi connectivity index (χ0) is 15.7. The molecule has 3 rings (SSSR count). The Morgan fingerprint density at radius 2 is 2.22 bits per heavy atom. The van der Waals surface area contributed by atoms with Gasteiger partial charge in [0.1, 0.15) is 0 Å². The molecule has 2 N–H and O–H groups in total. The van der Waals surface area contributed by atoms with Gasteiger partial charge in [-0.2, -0.15) is 0 Å². The molecule has 0 aliphatic carbocycles. The molecule has 3 unspecified atom stereocenters. The molecule has 2 amide bonds. The van der Waals surface area contributed by atoms with Gasteiger partial charge in [-0.1, -0.05) is 23.7 Å². The third-order valence-corrected chi connectivity index (χ3v) is 4.76. The highest BCUT2D eigenvalue weighted by atomic mass is 35.5. The van der Waals surface area contributed by atoms with Crippen LogP contribution >= 0.6 is 24.0 Å². The quantitative estimate of drug-likeness (QED) is 0.866. The largest absolute Gasteiger partial charge is 0.352 e. The lowest BCUT2D eigenvalue weighted by atomic mass is 9.92. The first kappa shape index (κ1) is 18.0. The van der Waals surface area contributed by atoms with Crippen molar-refractivity contribution in [2.24, 2.45) is 5.92 Å². The molecule has 1 aromatic rings. The van der Waals surface area contributed by atoms with Crippen molar-refractivity contribution in [2.75, 3.05) is 20.1 Å². The third kappa shape index (κ3) is 3.79. The van der Waals surface area contributed by atoms with Gasteiger partial charge in [0.25, 0.3) is 0 Å². The van der Waals surface area contributed by atoms with Crippen LogP contribution in [0.5, 0.6) is 0 Å². The molecule has 3 atom stereocenters. The summed E-state index contributed by atoms with van der Waals surface area (Å²) in [6, 6.07) is 7.31. The molecule has 1 aromatic carbocycles. The monoisotopic (exact) mass is 357 g/mol. The molecule has 2 heterocycles. The number of halogens is 2. The van der Waals surface area contributed by atoms with Gasteiger partial charge in [-0.15, -0.1) is 12.4 Å². The number of carbonyl (C=O) groups excluding carboxylic acids is 2. The number of likely N-dealkylation sites (tertiary alicyclic amines) is 1. The van der Waals surface area contributed by atoms with Gasteiger partial charge in [0.15, 0.2) is 0 Å². The van der Waals surface area contributed by atoms with Crippen LogP contribution in [0.1, 0.15) is 24.4 Å². The predicted molar refractivity (Wildman–Crippen MR) is 91.7 cm³/mol. The molecule has 0 bridgehead atoms. The highest BCUT2D eigenvalue weighted by molar-refractivity contribution is 6.30. The van der Waals surface area contributed by atoms with Gasteiger partial charge in [-0.05, 0) is 30.7 Å². The second-order valence-electron chi connectivity index (χ2n) is 6.01. The van der Waals surface area contributed by atoms with Gasteiger partial charge >= 0.3 is 0 Å². The van der Waals surface area contributed by atoms with Crippen LogP contribution in [0.25, 0.3) is 0 Å². The van der Waals surface area contributed by atoms with Crippen LogP contribution in [0.2, 0.25) is 5.02 Å². The molecule has 7 heteroatoms. The average Bonchev–Trinajstić information content (AvgIpc) is 3.08. The van der Waals surface area contributed by atoms with E-state index in [1.54, 1.807) is 18.0 Å². The minimum atomic E-state index is -0.364. The Hall–Kier alpha value is -1.30. The molecule has 126 valence electrons. The Morgan fingerprint density at radius 3 is 2.87 bits per heavy atom. The van der Waals surface area contributed by atoms with Crippen molar-refractivity contribution < 1.29 is 9.59 Å². The Bertz CT molecular complexity index is 590. The standard InChI is InChI=1S/C16H20ClN3O2.ClH/c1-20-14(21)8-13(16(22)19-12-5-6-18-9-12)15(20)10-3-2-4-11(17)7-10;/h2-4,7,12-13,15,18H,5-6,8-9H2,1H3,(H,19,22);1H. The normalized spacial score (nSPS) is 27.0. The molecule has 0 saturated carbocycles. The van der Waals surface area contributed by atoms with Crippen molar-refractivity contribution in [2.45, 2.75) is 24.9 Å². The van der Waals surface area contributed by atoms with Crippen molar-refractivity contribution in [3.63, 3.8) is 0 Å². The van der Waals surface area contributed by atoms with E-state index in [-0.39, 0.29) is 48.6 Å². The van der Waals surface area contributed by atoms with Crippen molar-refractivity contribution >= 4 is 35.8 Å². The number of rotatable bonds is 3. The van der Waals surface area contributed by atoms with Gasteiger partial charge in [0.2, 0.25) is 11.8 Å². The van der Waals surface area contributed by atoms with Crippen molar-refractivity contribution in [1.29, 1.82) is 0 Å². The lowest BCUT2D eigenvalue weighted by Gasteiger charge is -2.26. The van der Waals surface area contributed by atoms with E-state index in [1.165, 1.54) is 0 Å². The van der Waals surface area contributed by atoms with Gasteiger partial charge in [0.05, 0.1) is 12.0 Å². The minimum Gasteiger partial charge on any atom is -0.352 e. The molecule has 2 aliphatic heterocycles. The van der Waals surface area contributed by atoms with Crippen LogP contribution in [0.15, 0.2) is 24.3 Å². The first-order chi connectivity index (χ1) is 10.6. The first-order valence-electron chi connectivity index (χ1n) is 7.58. The second kappa shape index (κ2) is 7.51. The summed E-state index contributed by atoms with van der Waals surface area (Å²) in [4.78, 5) is 26.4. The SMILES string of the molecule is CN1C(=O)CC(C(=O)NC2CCNC2)C1c1cccc(Cl)c1.Cl. The number of nitrogens with one attached hydrogen (secondary N) is 2. The molecule has 23 heavy (non-hydrogen) atoms. The maximum atomic E-state index is 12.6. The third-order valence-electron chi connectivity index (χ3n) is 4.52. The molecule has 0 radical (unpaired) electrons. The number of amides is 2. The van der Waals surface area contributed by atoms with Crippen LogP contribution in [0, 0.1) is 5.92 Å². The summed E-state index contributed by atoms with van der Waals surface area (Å²) in [5.41, 5.74) is 0.908. The lowest BCUT2D eigenvalue weighted by Crippen LogP contribution is -2.41. The van der Waals surface area contributed by atoms with E-state index in [0.717, 1.165) is 25.1 Å². The maximum Gasteiger partial charge on any atom is 0.226 e. The second-order valence-corrected chi connectivity index (χ2v) is 6.45. The highest BCUT2D eigenvalue weighted by Crippen LogP contribution is 2.37. The van der Waals surface area contributed by atoms with Crippen molar-refractivity contribution in [3.8, 4) is 0 Å². The predicted octanol–water partition coefficient (Wildman–Crippen LogP) is 1.76. The summed E-state index contributed by atoms with van der Waals surface area (Å²) in [5.74, 6) is -0.414. The lowest BCUT2D eigenvalue weighted by molar-refractivity contribution is -0.128. The van der Waals surface area contributed by atoms with Crippen LogP contribution in [0.4, 0.5) is 0 Å². The number of benzene rings is 1. The average molecular weight is 358 g/mol. The molecule has 2 aliphatic rings. The van der Waals surface area contributed by atoms with Gasteiger partial charge in [-0.3, -0.25) is 9.59 Å². The molecule has 2 fully saturated rings. The van der Waals surface area contributed by atoms with E-state index >= 15 is 0 Å². The topological polar surface area (TPSA) is 61.4 Å². The van der Waals surface area contributed by atoms with Crippen molar-refractivity contribution in [1.82, 2.24) is 15.5 Å². The summed E-state index contributed by atoms with van der Waals surface area (Å²) in [7, 11) is 1.75. The highest BCUT2D eigenvalue weighted by Gasteiger charge is 2.43. The van der Waals surface area contributed by atoms with Crippen LogP contribution in [-0.4, -0.2) is 42.9 Å². The number of hydrogen-bond acceptors (Lipinski definition) is 3. The molecule has 2 saturated heterocycles. The van der Waals surface area contributed by atoms with Gasteiger partial charge in [-0.25, -0.2) is 0 Å². The zero-order valence-corrected chi connectivity index (χ0v) is 14.5. The summed E-state index contributed by atoms with van der Waals surface area (Å²) in [5, 5.41) is 6.90. The fourth-order valence-corrected chi connectivity index (χ4v) is 3.54. The van der Waals surface area contributed by atoms with Gasteiger partial charge in [0, 0.05) is 31.1 Å². The molecular weight excluding hydrogens is 337 g/mol. The molecular formula is C16H21Cl2N3O2. The summed E-state index contributed by atoms with van der Waals surface area (Å²) in [6.45, 7) is 1.72. The fourth-order valence-electron chi connectivity index (χ4n) is 3.34. The van der Waals surface area contributed by atoms with E-state index in [1.807, 2.05) is 18.2 Å². The first-order valence-corrected chi connectivity index (χ1v) is 7.96. The number of hydrogen-bond donors (Lipinski definition) is 2. The van der Waals surface area contributed by atoms with Crippen LogP contribution < -0.4 is 10.6 Å². The number of carbonyl (C=O) groups is 2. The maximum absolute atomic E-state index is 12.6. The Morgan fingerprint density at radius 1 is 1.43 bits per heavy atom. The summed E-state index contributed by atoms with van der Waals surface area (Å²) < 4.78 is 0. The van der Waals surface area contributed by atoms with Crippen molar-refractivity contribution in [3.05, 3.63) is 34.9 Å². The van der Waals surface area contributed by atoms with Crippen LogP contribution in [0.3, 0.4) is 0 Å². The van der Waals surface area contributed by atoms with E-state index in [4.69, 9.17) is 11.6 Å². The zero-order valence-electron chi connectivity index (χ0n) is 12.9. The number of nitrogens with zero attached hydrogens (tertiary/aromatic N) is 1. The minimum absolute atomic E-state index is 0. The Labute approximate surface area is 147 Å². The van der Waals surface area contributed by atoms with Gasteiger partial charge < -0.3 is 15.5 Å². The molecule has 5 nitrogen and oxygen atoms in total. The van der Waals surface area contributed by atoms with E-state index in [2.05, 4.69) is 10.6 Å². The smallest absolute Gasteiger partial charge is 0.226 e. The Balaban J connectivity index is 0.00000192. The molecule has 0 aromatic heterocycles. The van der Waals surface area contributed by atoms with E-state index < -0.39 is 0 Å². The summed E-state index contributed by atoms with van der Waals surface area (Å²) in [6.07, 6.45) is 1.18. The van der Waals surface area contributed by atoms with Crippen LogP contribution in [-0.2, 0) is 9.59 Å². The Kier molecular flexibility index (Phi) is 5.89. The summed E-state index contributed by atoms with van der Waals surface area (Å²) >= 11 is 6.06. The molecule has 0 spiro atoms. The fraction of sp³-hybridized carbons (Fsp3) is 0.500. The van der Waals surface area contributed by atoms with E-state index in [9.17, 15) is 9.59 Å².